The van der Waals surface area contributed by atoms with E-state index >= 15 is 0 Å². The summed E-state index contributed by atoms with van der Waals surface area (Å²) < 4.78 is 0. The molecule has 0 aromatic heterocycles. The van der Waals surface area contributed by atoms with Gasteiger partial charge in [-0.2, -0.15) is 0 Å². The molecule has 1 saturated carbocycles. The fraction of sp³-hybridized carbons (Fsp3) is 0.933. The molecule has 3 heteroatoms. The maximum atomic E-state index is 11.9. The molecule has 1 amide bonds. The molecule has 18 heavy (non-hydrogen) atoms. The third-order valence-corrected chi connectivity index (χ3v) is 4.02. The van der Waals surface area contributed by atoms with Gasteiger partial charge in [-0.15, -0.1) is 0 Å². The van der Waals surface area contributed by atoms with Crippen LogP contribution in [0.2, 0.25) is 0 Å². The van der Waals surface area contributed by atoms with Crippen LogP contribution >= 0.6 is 0 Å². The maximum Gasteiger partial charge on any atom is 0.236 e. The van der Waals surface area contributed by atoms with Crippen molar-refractivity contribution in [3.05, 3.63) is 0 Å². The Morgan fingerprint density at radius 3 is 2.33 bits per heavy atom. The fourth-order valence-corrected chi connectivity index (χ4v) is 3.27. The molecule has 0 aliphatic heterocycles. The summed E-state index contributed by atoms with van der Waals surface area (Å²) in [5.41, 5.74) is 0.405. The molecule has 0 saturated heterocycles. The van der Waals surface area contributed by atoms with E-state index in [9.17, 15) is 4.79 Å². The normalized spacial score (nSPS) is 28.4. The minimum absolute atomic E-state index is 0.0450. The monoisotopic (exact) mass is 254 g/mol. The van der Waals surface area contributed by atoms with Gasteiger partial charge in [0.2, 0.25) is 5.91 Å². The fourth-order valence-electron chi connectivity index (χ4n) is 3.27. The number of likely N-dealkylation sites (N-methyl/N-ethyl adjacent to an activating group) is 1. The quantitative estimate of drug-likeness (QED) is 0.791. The van der Waals surface area contributed by atoms with E-state index in [0.717, 1.165) is 6.42 Å². The van der Waals surface area contributed by atoms with Gasteiger partial charge < -0.3 is 10.6 Å². The zero-order valence-electron chi connectivity index (χ0n) is 12.8. The van der Waals surface area contributed by atoms with Crippen LogP contribution in [0.5, 0.6) is 0 Å². The zero-order valence-corrected chi connectivity index (χ0v) is 12.8. The lowest BCUT2D eigenvalue weighted by atomic mass is 9.91. The summed E-state index contributed by atoms with van der Waals surface area (Å²) >= 11 is 0. The topological polar surface area (TPSA) is 41.1 Å². The van der Waals surface area contributed by atoms with E-state index in [0.29, 0.717) is 23.3 Å². The van der Waals surface area contributed by atoms with Gasteiger partial charge in [-0.3, -0.25) is 4.79 Å². The number of hydrogen-bond acceptors (Lipinski definition) is 2. The molecular formula is C15H30N2O. The van der Waals surface area contributed by atoms with Crippen molar-refractivity contribution in [2.75, 3.05) is 7.05 Å². The van der Waals surface area contributed by atoms with E-state index in [1.807, 2.05) is 0 Å². The first-order valence-corrected chi connectivity index (χ1v) is 7.23. The molecule has 0 bridgehead atoms. The first kappa shape index (κ1) is 15.5. The van der Waals surface area contributed by atoms with Crippen LogP contribution < -0.4 is 10.6 Å². The first-order valence-electron chi connectivity index (χ1n) is 7.23. The van der Waals surface area contributed by atoms with Crippen molar-refractivity contribution in [2.45, 2.75) is 66.0 Å². The molecule has 3 atom stereocenters. The molecule has 1 fully saturated rings. The summed E-state index contributed by atoms with van der Waals surface area (Å²) in [6.45, 7) is 11.3. The van der Waals surface area contributed by atoms with Gasteiger partial charge in [0.1, 0.15) is 0 Å². The van der Waals surface area contributed by atoms with Crippen molar-refractivity contribution in [2.24, 2.45) is 17.3 Å². The van der Waals surface area contributed by atoms with E-state index in [1.54, 1.807) is 7.05 Å². The van der Waals surface area contributed by atoms with Crippen molar-refractivity contribution >= 4 is 5.91 Å². The van der Waals surface area contributed by atoms with Crippen molar-refractivity contribution in [3.8, 4) is 0 Å². The van der Waals surface area contributed by atoms with Gasteiger partial charge in [-0.25, -0.2) is 0 Å². The van der Waals surface area contributed by atoms with Gasteiger partial charge in [0.15, 0.2) is 0 Å². The molecule has 1 aliphatic carbocycles. The lowest BCUT2D eigenvalue weighted by molar-refractivity contribution is -0.123. The standard InChI is InChI=1S/C15H30N2O/c1-10(2)7-12(14(18)16-6)17-13-9-15(4,5)8-11(13)3/h10-13,17H,7-9H2,1-6H3,(H,16,18). The number of carbonyl (C=O) groups excluding carboxylic acids is 1. The summed E-state index contributed by atoms with van der Waals surface area (Å²) in [5, 5.41) is 6.37. The van der Waals surface area contributed by atoms with Crippen molar-refractivity contribution in [1.82, 2.24) is 10.6 Å². The molecule has 0 radical (unpaired) electrons. The van der Waals surface area contributed by atoms with E-state index in [1.165, 1.54) is 12.8 Å². The minimum atomic E-state index is -0.0450. The van der Waals surface area contributed by atoms with Gasteiger partial charge in [0.05, 0.1) is 6.04 Å². The van der Waals surface area contributed by atoms with Crippen LogP contribution in [0.25, 0.3) is 0 Å². The molecule has 106 valence electrons. The number of nitrogens with one attached hydrogen (secondary N) is 2. The predicted octanol–water partition coefficient (Wildman–Crippen LogP) is 2.56. The summed E-state index contributed by atoms with van der Waals surface area (Å²) in [6.07, 6.45) is 3.32. The second-order valence-corrected chi connectivity index (χ2v) is 7.12. The molecule has 1 aliphatic rings. The second-order valence-electron chi connectivity index (χ2n) is 7.12. The molecule has 0 spiro atoms. The number of hydrogen-bond donors (Lipinski definition) is 2. The van der Waals surface area contributed by atoms with Crippen molar-refractivity contribution in [3.63, 3.8) is 0 Å². The SMILES string of the molecule is CNC(=O)C(CC(C)C)NC1CC(C)(C)CC1C. The summed E-state index contributed by atoms with van der Waals surface area (Å²) in [6, 6.07) is 0.428. The van der Waals surface area contributed by atoms with E-state index < -0.39 is 0 Å². The molecule has 0 aromatic rings. The first-order chi connectivity index (χ1) is 8.25. The molecule has 2 N–H and O–H groups in total. The van der Waals surface area contributed by atoms with Crippen LogP contribution in [0.4, 0.5) is 0 Å². The van der Waals surface area contributed by atoms with Gasteiger partial charge in [0.25, 0.3) is 0 Å². The van der Waals surface area contributed by atoms with E-state index in [4.69, 9.17) is 0 Å². The van der Waals surface area contributed by atoms with Crippen LogP contribution in [0.1, 0.15) is 53.9 Å². The minimum Gasteiger partial charge on any atom is -0.358 e. The maximum absolute atomic E-state index is 11.9. The Hall–Kier alpha value is -0.570. The Bertz CT molecular complexity index is 286. The Labute approximate surface area is 112 Å². The van der Waals surface area contributed by atoms with Crippen LogP contribution in [-0.2, 0) is 4.79 Å². The Morgan fingerprint density at radius 1 is 1.33 bits per heavy atom. The molecule has 3 nitrogen and oxygen atoms in total. The smallest absolute Gasteiger partial charge is 0.236 e. The number of rotatable bonds is 5. The predicted molar refractivity (Wildman–Crippen MR) is 76.4 cm³/mol. The van der Waals surface area contributed by atoms with E-state index in [2.05, 4.69) is 45.3 Å². The van der Waals surface area contributed by atoms with Crippen LogP contribution in [0, 0.1) is 17.3 Å². The molecule has 1 rings (SSSR count). The second kappa shape index (κ2) is 6.05. The molecule has 0 aromatic carbocycles. The summed E-state index contributed by atoms with van der Waals surface area (Å²) in [4.78, 5) is 11.9. The van der Waals surface area contributed by atoms with Crippen molar-refractivity contribution in [1.29, 1.82) is 0 Å². The molecule has 3 unspecified atom stereocenters. The van der Waals surface area contributed by atoms with Crippen molar-refractivity contribution < 1.29 is 4.79 Å². The highest BCUT2D eigenvalue weighted by atomic mass is 16.2. The Morgan fingerprint density at radius 2 is 1.94 bits per heavy atom. The zero-order chi connectivity index (χ0) is 13.9. The highest BCUT2D eigenvalue weighted by Gasteiger charge is 2.38. The Kier molecular flexibility index (Phi) is 5.20. The largest absolute Gasteiger partial charge is 0.358 e. The highest BCUT2D eigenvalue weighted by Crippen LogP contribution is 2.41. The van der Waals surface area contributed by atoms with Gasteiger partial charge in [-0.05, 0) is 36.5 Å². The highest BCUT2D eigenvalue weighted by molar-refractivity contribution is 5.81. The average molecular weight is 254 g/mol. The third kappa shape index (κ3) is 4.27. The van der Waals surface area contributed by atoms with Crippen LogP contribution in [0.15, 0.2) is 0 Å². The molecule has 0 heterocycles. The Balaban J connectivity index is 2.63. The number of carbonyl (C=O) groups is 1. The lowest BCUT2D eigenvalue weighted by Crippen LogP contribution is -2.49. The molecular weight excluding hydrogens is 224 g/mol. The van der Waals surface area contributed by atoms with Crippen LogP contribution in [0.3, 0.4) is 0 Å². The number of amides is 1. The summed E-state index contributed by atoms with van der Waals surface area (Å²) in [7, 11) is 1.72. The average Bonchev–Trinajstić information content (AvgIpc) is 2.49. The lowest BCUT2D eigenvalue weighted by Gasteiger charge is -2.26. The third-order valence-electron chi connectivity index (χ3n) is 4.02. The van der Waals surface area contributed by atoms with Gasteiger partial charge >= 0.3 is 0 Å². The summed E-state index contributed by atoms with van der Waals surface area (Å²) in [5.74, 6) is 1.31. The van der Waals surface area contributed by atoms with Gasteiger partial charge in [-0.1, -0.05) is 34.6 Å². The van der Waals surface area contributed by atoms with E-state index in [-0.39, 0.29) is 11.9 Å². The van der Waals surface area contributed by atoms with Gasteiger partial charge in [0, 0.05) is 13.1 Å². The van der Waals surface area contributed by atoms with Crippen LogP contribution in [-0.4, -0.2) is 25.0 Å².